The number of carbonyl (C=O) groups is 2. The summed E-state index contributed by atoms with van der Waals surface area (Å²) in [4.78, 5) is 28.9. The summed E-state index contributed by atoms with van der Waals surface area (Å²) in [6.07, 6.45) is 7.29. The van der Waals surface area contributed by atoms with Crippen LogP contribution in [0, 0.1) is 11.8 Å². The number of rotatable bonds is 6. The third-order valence-corrected chi connectivity index (χ3v) is 8.62. The summed E-state index contributed by atoms with van der Waals surface area (Å²) in [7, 11) is 0. The summed E-state index contributed by atoms with van der Waals surface area (Å²) in [5.74, 6) is -0.798. The van der Waals surface area contributed by atoms with E-state index in [2.05, 4.69) is 54.3 Å². The van der Waals surface area contributed by atoms with Crippen LogP contribution in [0.25, 0.3) is 11.1 Å². The number of aliphatic carboxylic acids is 1. The lowest BCUT2D eigenvalue weighted by Crippen LogP contribution is -2.41. The molecule has 1 saturated heterocycles. The highest BCUT2D eigenvalue weighted by Gasteiger charge is 2.33. The molecule has 1 saturated carbocycles. The van der Waals surface area contributed by atoms with Crippen LogP contribution in [0.5, 0.6) is 0 Å². The number of fused-ring (bicyclic) bond motifs is 1. The molecule has 35 heavy (non-hydrogen) atoms. The largest absolute Gasteiger partial charge is 0.481 e. The summed E-state index contributed by atoms with van der Waals surface area (Å²) in [5, 5.41) is 9.22. The highest BCUT2D eigenvalue weighted by Crippen LogP contribution is 2.32. The minimum Gasteiger partial charge on any atom is -0.481 e. The molecule has 1 aliphatic carbocycles. The van der Waals surface area contributed by atoms with Gasteiger partial charge in [-0.3, -0.25) is 9.59 Å². The zero-order chi connectivity index (χ0) is 24.4. The number of carboxylic acids is 1. The maximum absolute atomic E-state index is 13.1. The predicted molar refractivity (Wildman–Crippen MR) is 138 cm³/mol. The van der Waals surface area contributed by atoms with Crippen molar-refractivity contribution in [2.75, 3.05) is 19.6 Å². The first-order chi connectivity index (χ1) is 17.0. The molecule has 0 bridgehead atoms. The van der Waals surface area contributed by atoms with E-state index in [9.17, 15) is 14.7 Å². The number of carboxylic acid groups (broad SMARTS) is 1. The summed E-state index contributed by atoms with van der Waals surface area (Å²) in [5.41, 5.74) is 6.48. The van der Waals surface area contributed by atoms with Crippen LogP contribution in [-0.4, -0.2) is 52.5 Å². The topological polar surface area (TPSA) is 60.9 Å². The molecule has 0 aromatic heterocycles. The average molecular weight is 475 g/mol. The van der Waals surface area contributed by atoms with Gasteiger partial charge >= 0.3 is 5.97 Å². The van der Waals surface area contributed by atoms with Gasteiger partial charge in [0.25, 0.3) is 0 Å². The zero-order valence-corrected chi connectivity index (χ0v) is 20.9. The lowest BCUT2D eigenvalue weighted by atomic mass is 9.81. The monoisotopic (exact) mass is 474 g/mol. The fourth-order valence-electron chi connectivity index (χ4n) is 6.23. The molecule has 2 fully saturated rings. The van der Waals surface area contributed by atoms with E-state index in [0.717, 1.165) is 32.0 Å². The summed E-state index contributed by atoms with van der Waals surface area (Å²) >= 11 is 0. The predicted octanol–water partition coefficient (Wildman–Crippen LogP) is 5.16. The fourth-order valence-corrected chi connectivity index (χ4v) is 6.23. The first-order valence-electron chi connectivity index (χ1n) is 13.4. The molecule has 1 N–H and O–H groups in total. The van der Waals surface area contributed by atoms with E-state index in [-0.39, 0.29) is 17.7 Å². The molecular formula is C30H38N2O3. The molecule has 5 rings (SSSR count). The average Bonchev–Trinajstić information content (AvgIpc) is 3.31. The molecule has 3 aliphatic rings. The van der Waals surface area contributed by atoms with Crippen molar-refractivity contribution >= 4 is 11.9 Å². The standard InChI is InChI=1S/C30H38N2O3/c1-21-3-2-16-31(21)17-14-22-4-6-23(7-5-22)26-12-13-28-20-32(18-15-27(28)19-26)29(33)24-8-10-25(11-9-24)30(34)35/h4-7,12-13,19,21,24-25H,2-3,8-11,14-18,20H2,1H3,(H,34,35). The minimum atomic E-state index is -0.718. The Morgan fingerprint density at radius 2 is 1.60 bits per heavy atom. The van der Waals surface area contributed by atoms with Crippen LogP contribution in [-0.2, 0) is 29.0 Å². The number of benzene rings is 2. The molecule has 5 nitrogen and oxygen atoms in total. The second-order valence-electron chi connectivity index (χ2n) is 10.9. The second kappa shape index (κ2) is 10.5. The maximum Gasteiger partial charge on any atom is 0.306 e. The van der Waals surface area contributed by atoms with E-state index in [1.54, 1.807) is 0 Å². The van der Waals surface area contributed by atoms with Gasteiger partial charge in [-0.15, -0.1) is 0 Å². The summed E-state index contributed by atoms with van der Waals surface area (Å²) < 4.78 is 0. The molecule has 5 heteroatoms. The van der Waals surface area contributed by atoms with E-state index < -0.39 is 5.97 Å². The number of nitrogens with zero attached hydrogens (tertiary/aromatic N) is 2. The van der Waals surface area contributed by atoms with Crippen molar-refractivity contribution in [3.63, 3.8) is 0 Å². The molecular weight excluding hydrogens is 436 g/mol. The molecule has 0 spiro atoms. The molecule has 2 aromatic rings. The Labute approximate surface area is 209 Å². The van der Waals surface area contributed by atoms with Gasteiger partial charge in [0.05, 0.1) is 5.92 Å². The van der Waals surface area contributed by atoms with Gasteiger partial charge in [-0.25, -0.2) is 0 Å². The van der Waals surface area contributed by atoms with Crippen molar-refractivity contribution in [1.82, 2.24) is 9.80 Å². The quantitative estimate of drug-likeness (QED) is 0.629. The lowest BCUT2D eigenvalue weighted by molar-refractivity contribution is -0.146. The van der Waals surface area contributed by atoms with Crippen LogP contribution < -0.4 is 0 Å². The summed E-state index contributed by atoms with van der Waals surface area (Å²) in [6, 6.07) is 16.4. The first kappa shape index (κ1) is 24.1. The van der Waals surface area contributed by atoms with Crippen molar-refractivity contribution in [3.05, 3.63) is 59.2 Å². The van der Waals surface area contributed by atoms with Gasteiger partial charge < -0.3 is 14.9 Å². The van der Waals surface area contributed by atoms with Gasteiger partial charge in [0.15, 0.2) is 0 Å². The van der Waals surface area contributed by atoms with Crippen LogP contribution in [0.3, 0.4) is 0 Å². The van der Waals surface area contributed by atoms with E-state index in [1.807, 2.05) is 4.90 Å². The van der Waals surface area contributed by atoms with Gasteiger partial charge in [0.1, 0.15) is 0 Å². The molecule has 0 radical (unpaired) electrons. The fraction of sp³-hybridized carbons (Fsp3) is 0.533. The number of hydrogen-bond donors (Lipinski definition) is 1. The molecule has 2 heterocycles. The molecule has 186 valence electrons. The van der Waals surface area contributed by atoms with Crippen LogP contribution in [0.2, 0.25) is 0 Å². The smallest absolute Gasteiger partial charge is 0.306 e. The highest BCUT2D eigenvalue weighted by molar-refractivity contribution is 5.80. The maximum atomic E-state index is 13.1. The number of hydrogen-bond acceptors (Lipinski definition) is 3. The number of likely N-dealkylation sites (tertiary alicyclic amines) is 1. The van der Waals surface area contributed by atoms with Crippen molar-refractivity contribution in [2.24, 2.45) is 11.8 Å². The summed E-state index contributed by atoms with van der Waals surface area (Å²) in [6.45, 7) is 6.15. The second-order valence-corrected chi connectivity index (χ2v) is 10.9. The Kier molecular flexibility index (Phi) is 7.24. The van der Waals surface area contributed by atoms with Crippen LogP contribution in [0.15, 0.2) is 42.5 Å². The SMILES string of the molecule is CC1CCCN1CCc1ccc(-c2ccc3c(c2)CCN(C(=O)C2CCC(C(=O)O)CC2)C3)cc1. The van der Waals surface area contributed by atoms with Crippen molar-refractivity contribution in [1.29, 1.82) is 0 Å². The Hall–Kier alpha value is -2.66. The molecule has 2 aliphatic heterocycles. The third kappa shape index (κ3) is 5.45. The highest BCUT2D eigenvalue weighted by atomic mass is 16.4. The zero-order valence-electron chi connectivity index (χ0n) is 20.9. The molecule has 1 atom stereocenters. The third-order valence-electron chi connectivity index (χ3n) is 8.62. The van der Waals surface area contributed by atoms with Crippen molar-refractivity contribution in [3.8, 4) is 11.1 Å². The van der Waals surface area contributed by atoms with Gasteiger partial charge in [-0.2, -0.15) is 0 Å². The van der Waals surface area contributed by atoms with E-state index >= 15 is 0 Å². The minimum absolute atomic E-state index is 0.0152. The first-order valence-corrected chi connectivity index (χ1v) is 13.4. The van der Waals surface area contributed by atoms with Crippen molar-refractivity contribution in [2.45, 2.75) is 70.9 Å². The Morgan fingerprint density at radius 3 is 2.29 bits per heavy atom. The van der Waals surface area contributed by atoms with Gasteiger partial charge in [-0.05, 0) is 92.7 Å². The van der Waals surface area contributed by atoms with E-state index in [4.69, 9.17) is 0 Å². The number of amides is 1. The Balaban J connectivity index is 1.18. The van der Waals surface area contributed by atoms with Crippen LogP contribution in [0.4, 0.5) is 0 Å². The van der Waals surface area contributed by atoms with Gasteiger partial charge in [-0.1, -0.05) is 42.5 Å². The van der Waals surface area contributed by atoms with E-state index in [0.29, 0.717) is 32.2 Å². The normalized spacial score (nSPS) is 24.8. The molecule has 1 unspecified atom stereocenters. The Morgan fingerprint density at radius 1 is 0.886 bits per heavy atom. The van der Waals surface area contributed by atoms with E-state index in [1.165, 1.54) is 47.2 Å². The van der Waals surface area contributed by atoms with Crippen LogP contribution >= 0.6 is 0 Å². The molecule has 1 amide bonds. The van der Waals surface area contributed by atoms with Gasteiger partial charge in [0, 0.05) is 31.6 Å². The Bertz CT molecular complexity index is 1060. The lowest BCUT2D eigenvalue weighted by Gasteiger charge is -2.34. The van der Waals surface area contributed by atoms with Gasteiger partial charge in [0.2, 0.25) is 5.91 Å². The number of carbonyl (C=O) groups excluding carboxylic acids is 1. The van der Waals surface area contributed by atoms with Crippen LogP contribution in [0.1, 0.15) is 62.1 Å². The van der Waals surface area contributed by atoms with Crippen molar-refractivity contribution < 1.29 is 14.7 Å². The molecule has 2 aromatic carbocycles.